The molecule has 0 aliphatic carbocycles. The third kappa shape index (κ3) is 4.00. The summed E-state index contributed by atoms with van der Waals surface area (Å²) in [5.41, 5.74) is 0.348. The lowest BCUT2D eigenvalue weighted by molar-refractivity contribution is -0.121. The third-order valence-corrected chi connectivity index (χ3v) is 3.28. The Kier molecular flexibility index (Phi) is 4.90. The molecule has 9 heteroatoms. The molecule has 0 bridgehead atoms. The van der Waals surface area contributed by atoms with Crippen LogP contribution in [0.15, 0.2) is 41.2 Å². The molecule has 0 unspecified atom stereocenters. The first-order chi connectivity index (χ1) is 11.7. The molecular weight excluding hydrogens is 315 g/mol. The molecule has 0 saturated heterocycles. The third-order valence-electron chi connectivity index (χ3n) is 3.28. The average Bonchev–Trinajstić information content (AvgIpc) is 3.25. The normalized spacial score (nSPS) is 10.7. The second-order valence-corrected chi connectivity index (χ2v) is 4.98. The Balaban J connectivity index is 1.47. The standard InChI is InChI=1S/C15H15FN6O2/c16-12-4-2-1-3-11(12)13-9-18-15(24-13)6-5-14(23)17-7-8-22-20-10-19-21-22/h1-4,9-10H,5-8H2,(H,17,23). The Morgan fingerprint density at radius 1 is 1.33 bits per heavy atom. The van der Waals surface area contributed by atoms with Crippen molar-refractivity contribution in [2.24, 2.45) is 0 Å². The van der Waals surface area contributed by atoms with Gasteiger partial charge in [0.1, 0.15) is 5.82 Å². The molecule has 124 valence electrons. The highest BCUT2D eigenvalue weighted by molar-refractivity contribution is 5.75. The zero-order valence-corrected chi connectivity index (χ0v) is 12.7. The van der Waals surface area contributed by atoms with E-state index in [1.165, 1.54) is 23.4 Å². The van der Waals surface area contributed by atoms with E-state index in [1.807, 2.05) is 0 Å². The first-order valence-electron chi connectivity index (χ1n) is 7.39. The number of tetrazole rings is 1. The fourth-order valence-electron chi connectivity index (χ4n) is 2.11. The van der Waals surface area contributed by atoms with Crippen molar-refractivity contribution in [2.45, 2.75) is 19.4 Å². The smallest absolute Gasteiger partial charge is 0.220 e. The van der Waals surface area contributed by atoms with Crippen LogP contribution in [0.4, 0.5) is 4.39 Å². The van der Waals surface area contributed by atoms with Gasteiger partial charge >= 0.3 is 0 Å². The lowest BCUT2D eigenvalue weighted by Crippen LogP contribution is -2.28. The molecule has 0 aliphatic rings. The van der Waals surface area contributed by atoms with Gasteiger partial charge in [-0.25, -0.2) is 9.37 Å². The molecule has 3 aromatic rings. The average molecular weight is 330 g/mol. The maximum absolute atomic E-state index is 13.7. The number of nitrogens with zero attached hydrogens (tertiary/aromatic N) is 5. The summed E-state index contributed by atoms with van der Waals surface area (Å²) >= 11 is 0. The van der Waals surface area contributed by atoms with Gasteiger partial charge in [0, 0.05) is 19.4 Å². The van der Waals surface area contributed by atoms with E-state index in [0.29, 0.717) is 36.7 Å². The minimum absolute atomic E-state index is 0.138. The minimum Gasteiger partial charge on any atom is -0.441 e. The van der Waals surface area contributed by atoms with Gasteiger partial charge in [0.25, 0.3) is 0 Å². The van der Waals surface area contributed by atoms with Crippen LogP contribution in [0.2, 0.25) is 0 Å². The van der Waals surface area contributed by atoms with Gasteiger partial charge in [0.05, 0.1) is 18.3 Å². The summed E-state index contributed by atoms with van der Waals surface area (Å²) in [5.74, 6) is 0.225. The van der Waals surface area contributed by atoms with E-state index in [-0.39, 0.29) is 18.1 Å². The molecule has 0 saturated carbocycles. The van der Waals surface area contributed by atoms with Gasteiger partial charge in [0.15, 0.2) is 18.0 Å². The van der Waals surface area contributed by atoms with Gasteiger partial charge in [0.2, 0.25) is 5.91 Å². The number of halogens is 1. The molecule has 1 N–H and O–H groups in total. The molecule has 2 heterocycles. The maximum Gasteiger partial charge on any atom is 0.220 e. The quantitative estimate of drug-likeness (QED) is 0.699. The van der Waals surface area contributed by atoms with Crippen LogP contribution in [0, 0.1) is 5.82 Å². The number of carbonyl (C=O) groups excluding carboxylic acids is 1. The van der Waals surface area contributed by atoms with Crippen molar-refractivity contribution < 1.29 is 13.6 Å². The zero-order valence-electron chi connectivity index (χ0n) is 12.7. The van der Waals surface area contributed by atoms with Crippen molar-refractivity contribution in [1.29, 1.82) is 0 Å². The highest BCUT2D eigenvalue weighted by Gasteiger charge is 2.11. The van der Waals surface area contributed by atoms with Gasteiger partial charge < -0.3 is 9.73 Å². The molecule has 0 atom stereocenters. The second-order valence-electron chi connectivity index (χ2n) is 4.98. The number of hydrogen-bond acceptors (Lipinski definition) is 6. The summed E-state index contributed by atoms with van der Waals surface area (Å²) < 4.78 is 19.2. The van der Waals surface area contributed by atoms with E-state index in [9.17, 15) is 9.18 Å². The van der Waals surface area contributed by atoms with Crippen molar-refractivity contribution in [3.63, 3.8) is 0 Å². The van der Waals surface area contributed by atoms with Crippen molar-refractivity contribution in [2.75, 3.05) is 6.54 Å². The van der Waals surface area contributed by atoms with Gasteiger partial charge in [-0.05, 0) is 17.3 Å². The van der Waals surface area contributed by atoms with Gasteiger partial charge in [-0.2, -0.15) is 4.80 Å². The van der Waals surface area contributed by atoms with Crippen LogP contribution in [-0.2, 0) is 17.8 Å². The molecule has 2 aromatic heterocycles. The van der Waals surface area contributed by atoms with Crippen LogP contribution in [-0.4, -0.2) is 37.6 Å². The predicted molar refractivity (Wildman–Crippen MR) is 81.0 cm³/mol. The number of oxazole rings is 1. The molecule has 8 nitrogen and oxygen atoms in total. The first kappa shape index (κ1) is 15.8. The Morgan fingerprint density at radius 2 is 2.21 bits per heavy atom. The molecule has 1 aromatic carbocycles. The van der Waals surface area contributed by atoms with Crippen LogP contribution in [0.3, 0.4) is 0 Å². The van der Waals surface area contributed by atoms with E-state index < -0.39 is 0 Å². The van der Waals surface area contributed by atoms with Crippen LogP contribution in [0.25, 0.3) is 11.3 Å². The van der Waals surface area contributed by atoms with Gasteiger partial charge in [-0.1, -0.05) is 12.1 Å². The van der Waals surface area contributed by atoms with Gasteiger partial charge in [-0.15, -0.1) is 10.2 Å². The number of hydrogen-bond donors (Lipinski definition) is 1. The summed E-state index contributed by atoms with van der Waals surface area (Å²) in [6.07, 6.45) is 3.35. The summed E-state index contributed by atoms with van der Waals surface area (Å²) in [6, 6.07) is 6.30. The number of benzene rings is 1. The molecule has 24 heavy (non-hydrogen) atoms. The number of aryl methyl sites for hydroxylation is 1. The van der Waals surface area contributed by atoms with E-state index in [4.69, 9.17) is 4.42 Å². The molecular formula is C15H15FN6O2. The Labute approximate surface area is 136 Å². The van der Waals surface area contributed by atoms with Crippen molar-refractivity contribution >= 4 is 5.91 Å². The van der Waals surface area contributed by atoms with Crippen molar-refractivity contribution in [3.8, 4) is 11.3 Å². The first-order valence-corrected chi connectivity index (χ1v) is 7.39. The molecule has 3 rings (SSSR count). The fraction of sp³-hybridized carbons (Fsp3) is 0.267. The topological polar surface area (TPSA) is 98.7 Å². The second kappa shape index (κ2) is 7.44. The lowest BCUT2D eigenvalue weighted by atomic mass is 10.2. The summed E-state index contributed by atoms with van der Waals surface area (Å²) in [5, 5.41) is 13.8. The SMILES string of the molecule is O=C(CCc1ncc(-c2ccccc2F)o1)NCCn1ncnn1. The number of amides is 1. The Bertz CT molecular complexity index is 802. The Hall–Kier alpha value is -3.10. The van der Waals surface area contributed by atoms with E-state index in [1.54, 1.807) is 18.2 Å². The van der Waals surface area contributed by atoms with Crippen LogP contribution < -0.4 is 5.32 Å². The highest BCUT2D eigenvalue weighted by Crippen LogP contribution is 2.23. The number of aromatic nitrogens is 5. The molecule has 0 aliphatic heterocycles. The van der Waals surface area contributed by atoms with Gasteiger partial charge in [-0.3, -0.25) is 4.79 Å². The summed E-state index contributed by atoms with van der Waals surface area (Å²) in [4.78, 5) is 17.2. The highest BCUT2D eigenvalue weighted by atomic mass is 19.1. The number of carbonyl (C=O) groups is 1. The lowest BCUT2D eigenvalue weighted by Gasteiger charge is -2.03. The predicted octanol–water partition coefficient (Wildman–Crippen LogP) is 1.22. The van der Waals surface area contributed by atoms with E-state index >= 15 is 0 Å². The molecule has 1 amide bonds. The van der Waals surface area contributed by atoms with E-state index in [2.05, 4.69) is 25.7 Å². The van der Waals surface area contributed by atoms with E-state index in [0.717, 1.165) is 0 Å². The summed E-state index contributed by atoms with van der Waals surface area (Å²) in [6.45, 7) is 0.851. The molecule has 0 spiro atoms. The van der Waals surface area contributed by atoms with Crippen LogP contribution >= 0.6 is 0 Å². The largest absolute Gasteiger partial charge is 0.441 e. The maximum atomic E-state index is 13.7. The van der Waals surface area contributed by atoms with Crippen molar-refractivity contribution in [1.82, 2.24) is 30.5 Å². The van der Waals surface area contributed by atoms with Crippen LogP contribution in [0.1, 0.15) is 12.3 Å². The number of rotatable bonds is 7. The molecule has 0 fully saturated rings. The molecule has 0 radical (unpaired) electrons. The Morgan fingerprint density at radius 3 is 3.00 bits per heavy atom. The van der Waals surface area contributed by atoms with Crippen molar-refractivity contribution in [3.05, 3.63) is 48.5 Å². The fourth-order valence-corrected chi connectivity index (χ4v) is 2.11. The minimum atomic E-state index is -0.375. The van der Waals surface area contributed by atoms with Crippen LogP contribution in [0.5, 0.6) is 0 Å². The summed E-state index contributed by atoms with van der Waals surface area (Å²) in [7, 11) is 0. The monoisotopic (exact) mass is 330 g/mol. The number of nitrogens with one attached hydrogen (secondary N) is 1. The zero-order chi connectivity index (χ0) is 16.8.